The number of hydrogen-bond acceptors (Lipinski definition) is 1. The number of alkyl halides is 3. The van der Waals surface area contributed by atoms with Crippen molar-refractivity contribution in [3.63, 3.8) is 0 Å². The van der Waals surface area contributed by atoms with Crippen LogP contribution in [-0.2, 0) is 0 Å². The quantitative estimate of drug-likeness (QED) is 0.696. The normalized spacial score (nSPS) is 22.0. The zero-order chi connectivity index (χ0) is 8.54. The summed E-state index contributed by atoms with van der Waals surface area (Å²) in [5.41, 5.74) is 3.59. The zero-order valence-electron chi connectivity index (χ0n) is 6.66. The van der Waals surface area contributed by atoms with E-state index in [9.17, 15) is 13.2 Å². The molecule has 0 aromatic heterocycles. The van der Waals surface area contributed by atoms with Crippen molar-refractivity contribution in [2.75, 3.05) is 6.54 Å². The van der Waals surface area contributed by atoms with E-state index in [1.807, 2.05) is 0 Å². The van der Waals surface area contributed by atoms with Gasteiger partial charge in [-0.3, -0.25) is 0 Å². The molecule has 0 bridgehead atoms. The Bertz CT molecular complexity index is 140. The van der Waals surface area contributed by atoms with Gasteiger partial charge in [-0.2, -0.15) is 13.2 Å². The van der Waals surface area contributed by atoms with Crippen LogP contribution in [0.5, 0.6) is 0 Å². The van der Waals surface area contributed by atoms with Gasteiger partial charge in [0.05, 0.1) is 5.41 Å². The SMILES string of the molecule is Cl.NCC1(C(F)(F)F)CCCC1. The van der Waals surface area contributed by atoms with Crippen LogP contribution < -0.4 is 5.73 Å². The summed E-state index contributed by atoms with van der Waals surface area (Å²) in [6, 6.07) is 0. The molecule has 1 nitrogen and oxygen atoms in total. The lowest BCUT2D eigenvalue weighted by Crippen LogP contribution is -2.41. The summed E-state index contributed by atoms with van der Waals surface area (Å²) >= 11 is 0. The van der Waals surface area contributed by atoms with Gasteiger partial charge < -0.3 is 5.73 Å². The molecular weight excluding hydrogens is 191 g/mol. The van der Waals surface area contributed by atoms with Crippen LogP contribution in [0.4, 0.5) is 13.2 Å². The summed E-state index contributed by atoms with van der Waals surface area (Å²) < 4.78 is 37.0. The fourth-order valence-corrected chi connectivity index (χ4v) is 1.66. The van der Waals surface area contributed by atoms with Gasteiger partial charge in [0.25, 0.3) is 0 Å². The number of nitrogens with two attached hydrogens (primary N) is 1. The Hall–Kier alpha value is 0.0400. The monoisotopic (exact) mass is 203 g/mol. The Morgan fingerprint density at radius 3 is 1.75 bits per heavy atom. The summed E-state index contributed by atoms with van der Waals surface area (Å²) in [6.07, 6.45) is -2.34. The van der Waals surface area contributed by atoms with E-state index >= 15 is 0 Å². The van der Waals surface area contributed by atoms with Crippen LogP contribution in [0.15, 0.2) is 0 Å². The minimum Gasteiger partial charge on any atom is -0.330 e. The molecule has 0 aromatic rings. The first-order valence-corrected chi connectivity index (χ1v) is 3.79. The van der Waals surface area contributed by atoms with Crippen molar-refractivity contribution in [3.8, 4) is 0 Å². The minimum atomic E-state index is -4.10. The van der Waals surface area contributed by atoms with Crippen LogP contribution in [0.3, 0.4) is 0 Å². The molecular formula is C7H13ClF3N. The van der Waals surface area contributed by atoms with Gasteiger partial charge in [-0.05, 0) is 12.8 Å². The molecule has 0 radical (unpaired) electrons. The van der Waals surface area contributed by atoms with E-state index in [2.05, 4.69) is 0 Å². The molecule has 0 unspecified atom stereocenters. The molecule has 0 amide bonds. The van der Waals surface area contributed by atoms with Crippen molar-refractivity contribution in [2.24, 2.45) is 11.1 Å². The maximum absolute atomic E-state index is 12.3. The van der Waals surface area contributed by atoms with Crippen molar-refractivity contribution in [3.05, 3.63) is 0 Å². The molecule has 12 heavy (non-hydrogen) atoms. The van der Waals surface area contributed by atoms with Gasteiger partial charge in [0.1, 0.15) is 0 Å². The van der Waals surface area contributed by atoms with Crippen LogP contribution in [0, 0.1) is 5.41 Å². The van der Waals surface area contributed by atoms with Crippen LogP contribution in [0.1, 0.15) is 25.7 Å². The van der Waals surface area contributed by atoms with Crippen molar-refractivity contribution in [2.45, 2.75) is 31.9 Å². The highest BCUT2D eigenvalue weighted by molar-refractivity contribution is 5.85. The molecule has 0 spiro atoms. The molecule has 0 aliphatic heterocycles. The van der Waals surface area contributed by atoms with E-state index in [0.717, 1.165) is 0 Å². The highest BCUT2D eigenvalue weighted by Crippen LogP contribution is 2.49. The van der Waals surface area contributed by atoms with Gasteiger partial charge in [-0.1, -0.05) is 12.8 Å². The number of rotatable bonds is 1. The summed E-state index contributed by atoms with van der Waals surface area (Å²) in [6.45, 7) is -0.253. The first-order chi connectivity index (χ1) is 5.02. The second kappa shape index (κ2) is 3.83. The lowest BCUT2D eigenvalue weighted by molar-refractivity contribution is -0.218. The average Bonchev–Trinajstić information content (AvgIpc) is 2.33. The molecule has 1 aliphatic carbocycles. The van der Waals surface area contributed by atoms with Crippen molar-refractivity contribution >= 4 is 12.4 Å². The summed E-state index contributed by atoms with van der Waals surface area (Å²) in [5.74, 6) is 0. The van der Waals surface area contributed by atoms with E-state index < -0.39 is 11.6 Å². The Morgan fingerprint density at radius 1 is 1.17 bits per heavy atom. The van der Waals surface area contributed by atoms with Crippen LogP contribution in [0.25, 0.3) is 0 Å². The van der Waals surface area contributed by atoms with Gasteiger partial charge in [0, 0.05) is 6.54 Å². The lowest BCUT2D eigenvalue weighted by Gasteiger charge is -2.29. The number of hydrogen-bond donors (Lipinski definition) is 1. The first-order valence-electron chi connectivity index (χ1n) is 3.79. The molecule has 74 valence electrons. The Labute approximate surface area is 75.9 Å². The second-order valence-corrected chi connectivity index (χ2v) is 3.19. The maximum atomic E-state index is 12.3. The molecule has 1 rings (SSSR count). The minimum absolute atomic E-state index is 0. The predicted molar refractivity (Wildman–Crippen MR) is 43.3 cm³/mol. The molecule has 1 fully saturated rings. The Balaban J connectivity index is 0.00000121. The predicted octanol–water partition coefficient (Wildman–Crippen LogP) is 2.49. The standard InChI is InChI=1S/C7H12F3N.ClH/c8-7(9,10)6(5-11)3-1-2-4-6;/h1-5,11H2;1H. The molecule has 0 heterocycles. The molecule has 0 aromatic carbocycles. The number of halogens is 4. The topological polar surface area (TPSA) is 26.0 Å². The molecule has 0 atom stereocenters. The van der Waals surface area contributed by atoms with E-state index in [-0.39, 0.29) is 31.8 Å². The highest BCUT2D eigenvalue weighted by Gasteiger charge is 2.54. The third-order valence-corrected chi connectivity index (χ3v) is 2.55. The van der Waals surface area contributed by atoms with Crippen LogP contribution in [0.2, 0.25) is 0 Å². The van der Waals surface area contributed by atoms with Gasteiger partial charge in [-0.15, -0.1) is 12.4 Å². The van der Waals surface area contributed by atoms with Gasteiger partial charge >= 0.3 is 6.18 Å². The fraction of sp³-hybridized carbons (Fsp3) is 1.00. The molecule has 1 aliphatic rings. The van der Waals surface area contributed by atoms with Gasteiger partial charge in [-0.25, -0.2) is 0 Å². The van der Waals surface area contributed by atoms with Gasteiger partial charge in [0.15, 0.2) is 0 Å². The van der Waals surface area contributed by atoms with E-state index in [4.69, 9.17) is 5.73 Å². The fourth-order valence-electron chi connectivity index (χ4n) is 1.66. The summed E-state index contributed by atoms with van der Waals surface area (Å²) in [4.78, 5) is 0. The summed E-state index contributed by atoms with van der Waals surface area (Å²) in [7, 11) is 0. The summed E-state index contributed by atoms with van der Waals surface area (Å²) in [5, 5.41) is 0. The molecule has 1 saturated carbocycles. The lowest BCUT2D eigenvalue weighted by atomic mass is 9.86. The Morgan fingerprint density at radius 2 is 1.58 bits per heavy atom. The third-order valence-electron chi connectivity index (χ3n) is 2.55. The van der Waals surface area contributed by atoms with Crippen LogP contribution in [-0.4, -0.2) is 12.7 Å². The molecule has 5 heteroatoms. The van der Waals surface area contributed by atoms with E-state index in [1.165, 1.54) is 0 Å². The second-order valence-electron chi connectivity index (χ2n) is 3.19. The third kappa shape index (κ3) is 1.85. The zero-order valence-corrected chi connectivity index (χ0v) is 7.47. The van der Waals surface area contributed by atoms with E-state index in [1.54, 1.807) is 0 Å². The Kier molecular flexibility index (Phi) is 3.85. The van der Waals surface area contributed by atoms with E-state index in [0.29, 0.717) is 12.8 Å². The molecule has 2 N–H and O–H groups in total. The van der Waals surface area contributed by atoms with Gasteiger partial charge in [0.2, 0.25) is 0 Å². The molecule has 0 saturated heterocycles. The van der Waals surface area contributed by atoms with Crippen LogP contribution >= 0.6 is 12.4 Å². The van der Waals surface area contributed by atoms with Crippen molar-refractivity contribution < 1.29 is 13.2 Å². The highest BCUT2D eigenvalue weighted by atomic mass is 35.5. The first kappa shape index (κ1) is 12.0. The smallest absolute Gasteiger partial charge is 0.330 e. The van der Waals surface area contributed by atoms with Crippen molar-refractivity contribution in [1.29, 1.82) is 0 Å². The maximum Gasteiger partial charge on any atom is 0.395 e. The van der Waals surface area contributed by atoms with Crippen molar-refractivity contribution in [1.82, 2.24) is 0 Å². The largest absolute Gasteiger partial charge is 0.395 e. The average molecular weight is 204 g/mol.